The van der Waals surface area contributed by atoms with E-state index in [1.54, 1.807) is 53.1 Å². The Morgan fingerprint density at radius 3 is 1.34 bits per heavy atom. The fourth-order valence-electron chi connectivity index (χ4n) is 5.87. The molecule has 1 aliphatic rings. The third kappa shape index (κ3) is 68.5. The van der Waals surface area contributed by atoms with E-state index >= 15 is 0 Å². The van der Waals surface area contributed by atoms with Crippen molar-refractivity contribution >= 4 is 47.8 Å². The molecular weight excluding hydrogens is 988 g/mol. The molecule has 2 aromatic rings. The molecule has 74 heavy (non-hydrogen) atoms. The van der Waals surface area contributed by atoms with Crippen molar-refractivity contribution in [2.24, 2.45) is 53.1 Å². The van der Waals surface area contributed by atoms with Crippen molar-refractivity contribution in [3.63, 3.8) is 0 Å². The molecule has 0 saturated carbocycles. The van der Waals surface area contributed by atoms with Gasteiger partial charge in [0.15, 0.2) is 29.9 Å². The number of aromatic nitrogens is 8. The molecule has 0 aliphatic carbocycles. The third-order valence-corrected chi connectivity index (χ3v) is 9.98. The van der Waals surface area contributed by atoms with Crippen LogP contribution in [0, 0.1) is 37.9 Å². The van der Waals surface area contributed by atoms with Gasteiger partial charge in [-0.3, -0.25) is 18.7 Å². The van der Waals surface area contributed by atoms with E-state index in [0.29, 0.717) is 18.9 Å². The SMILES string of the molecule is C.C.CB(O)CC(C)(C)C.CC(=O)CC(C)(C)C.CC(=O)Cn1nnc(CC(C)(C)C)n1.CC(=O)Cn1nnnc1CC(C)(C)C.CC(C)(C)CC1=NCN=N1.CC(C)(C)CP(=O)(O)O.CC(C)(C)CS(=O)(=O)O. The van der Waals surface area contributed by atoms with Gasteiger partial charge in [0.1, 0.15) is 24.7 Å². The number of carbonyl (C=O) groups is 3. The van der Waals surface area contributed by atoms with Crippen LogP contribution in [-0.4, -0.2) is 117 Å². The van der Waals surface area contributed by atoms with E-state index in [-0.39, 0.29) is 102 Å². The van der Waals surface area contributed by atoms with Crippen LogP contribution in [0.4, 0.5) is 0 Å². The monoisotopic (exact) mass is 1100 g/mol. The molecule has 0 atom stereocenters. The number of hydrogen-bond donors (Lipinski definition) is 4. The predicted molar refractivity (Wildman–Crippen MR) is 303 cm³/mol. The molecule has 3 rings (SSSR count). The number of rotatable bonds is 11. The van der Waals surface area contributed by atoms with Crippen LogP contribution in [0.1, 0.15) is 206 Å². The van der Waals surface area contributed by atoms with Crippen molar-refractivity contribution in [2.45, 2.75) is 233 Å². The Bertz CT molecular complexity index is 2110. The topological polar surface area (TPSA) is 308 Å². The van der Waals surface area contributed by atoms with Gasteiger partial charge in [0.05, 0.1) is 11.9 Å². The van der Waals surface area contributed by atoms with E-state index in [4.69, 9.17) is 19.4 Å². The summed E-state index contributed by atoms with van der Waals surface area (Å²) in [5.74, 6) is 2.55. The van der Waals surface area contributed by atoms with Crippen molar-refractivity contribution in [3.05, 3.63) is 11.6 Å². The molecule has 3 heterocycles. The summed E-state index contributed by atoms with van der Waals surface area (Å²) >= 11 is 0. The van der Waals surface area contributed by atoms with E-state index < -0.39 is 17.7 Å². The maximum Gasteiger partial charge on any atom is 0.326 e. The summed E-state index contributed by atoms with van der Waals surface area (Å²) in [4.78, 5) is 54.5. The maximum absolute atomic E-state index is 10.9. The lowest BCUT2D eigenvalue weighted by molar-refractivity contribution is -0.119. The number of Topliss-reactive ketones (excluding diaryl/α,β-unsaturated/α-hetero) is 3. The highest BCUT2D eigenvalue weighted by Gasteiger charge is 2.24. The van der Waals surface area contributed by atoms with Crippen LogP contribution >= 0.6 is 7.60 Å². The van der Waals surface area contributed by atoms with Gasteiger partial charge >= 0.3 is 7.60 Å². The van der Waals surface area contributed by atoms with Crippen LogP contribution in [0.2, 0.25) is 13.1 Å². The maximum atomic E-state index is 10.9. The molecule has 0 fully saturated rings. The second-order valence-electron chi connectivity index (χ2n) is 26.8. The minimum absolute atomic E-state index is 0. The Morgan fingerprint density at radius 1 is 0.635 bits per heavy atom. The summed E-state index contributed by atoms with van der Waals surface area (Å²) in [5.41, 5.74) is 0.363. The first-order valence-corrected chi connectivity index (χ1v) is 27.6. The molecule has 0 radical (unpaired) electrons. The average molecular weight is 1100 g/mol. The second-order valence-corrected chi connectivity index (χ2v) is 29.9. The first-order chi connectivity index (χ1) is 31.6. The normalized spacial score (nSPS) is 12.7. The Labute approximate surface area is 449 Å². The standard InChI is InChI=1S/2C9H16N4O.C7H13N3.C7H14O.C6H15BO.C5H13O3P.C5H12O3S.2CH4/c1-7(14)6-13-8(10-11-12-13)5-9(2,3)4;1-7(14)6-13-11-8(10-12-13)5-9(2,3)4;1-7(2,3)4-6-8-5-9-10-6;1-6(8)5-7(2,3)4;1-6(2,3)5-7(4)8;2*1-5(2,3)4-9(6,7)8;;/h2*5-6H2,1-4H3;4-5H2,1-3H3;5H2,1-4H3;8H,5H2,1-4H3;4H2,1-3H3,(H2,6,7,8);4H2,1-3H3,(H,6,7,8);2*1H4. The zero-order chi connectivity index (χ0) is 58.1. The number of ketones is 3. The van der Waals surface area contributed by atoms with E-state index in [9.17, 15) is 27.4 Å². The van der Waals surface area contributed by atoms with Crippen LogP contribution in [0.3, 0.4) is 0 Å². The second kappa shape index (κ2) is 35.0. The van der Waals surface area contributed by atoms with Gasteiger partial charge in [-0.1, -0.05) is 167 Å². The summed E-state index contributed by atoms with van der Waals surface area (Å²) in [6.45, 7) is 49.7. The van der Waals surface area contributed by atoms with Gasteiger partial charge in [-0.2, -0.15) is 18.3 Å². The van der Waals surface area contributed by atoms with Crippen molar-refractivity contribution in [2.75, 3.05) is 18.6 Å². The number of aliphatic imine (C=N–C) groups is 1. The summed E-state index contributed by atoms with van der Waals surface area (Å²) in [6.07, 6.45) is 3.99. The van der Waals surface area contributed by atoms with Gasteiger partial charge in [-0.05, 0) is 80.6 Å². The molecule has 1 aliphatic heterocycles. The minimum Gasteiger partial charge on any atom is -0.451 e. The van der Waals surface area contributed by atoms with E-state index in [0.717, 1.165) is 37.2 Å². The predicted octanol–water partition coefficient (Wildman–Crippen LogP) is 11.0. The van der Waals surface area contributed by atoms with Crippen molar-refractivity contribution in [1.29, 1.82) is 0 Å². The van der Waals surface area contributed by atoms with Crippen LogP contribution in [-0.2, 0) is 55.0 Å². The zero-order valence-corrected chi connectivity index (χ0v) is 50.9. The molecule has 0 amide bonds. The molecule has 21 nitrogen and oxygen atoms in total. The zero-order valence-electron chi connectivity index (χ0n) is 49.2. The molecule has 0 saturated heterocycles. The molecule has 4 N–H and O–H groups in total. The molecule has 0 spiro atoms. The Morgan fingerprint density at radius 2 is 1.09 bits per heavy atom. The van der Waals surface area contributed by atoms with Crippen LogP contribution in [0.15, 0.2) is 15.2 Å². The lowest BCUT2D eigenvalue weighted by Crippen LogP contribution is -2.19. The molecule has 2 aromatic heterocycles. The Kier molecular flexibility index (Phi) is 38.7. The smallest absolute Gasteiger partial charge is 0.326 e. The minimum atomic E-state index is -3.79. The summed E-state index contributed by atoms with van der Waals surface area (Å²) in [6, 6.07) is 0. The number of carbonyl (C=O) groups excluding carboxylic acids is 3. The summed E-state index contributed by atoms with van der Waals surface area (Å²) in [7, 11) is -7.57. The highest BCUT2D eigenvalue weighted by atomic mass is 32.2. The molecule has 0 aromatic carbocycles. The van der Waals surface area contributed by atoms with Crippen molar-refractivity contribution in [1.82, 2.24) is 40.4 Å². The van der Waals surface area contributed by atoms with E-state index in [2.05, 4.69) is 150 Å². The molecule has 24 heteroatoms. The Balaban J connectivity index is -0.000000184. The lowest BCUT2D eigenvalue weighted by Gasteiger charge is -2.17. The number of hydrogen-bond acceptors (Lipinski definition) is 16. The highest BCUT2D eigenvalue weighted by molar-refractivity contribution is 7.85. The number of tetrazole rings is 2. The third-order valence-electron chi connectivity index (χ3n) is 7.39. The lowest BCUT2D eigenvalue weighted by atomic mass is 9.60. The first-order valence-electron chi connectivity index (χ1n) is 24.2. The van der Waals surface area contributed by atoms with Gasteiger partial charge in [0.2, 0.25) is 0 Å². The van der Waals surface area contributed by atoms with Gasteiger partial charge in [-0.25, -0.2) is 9.67 Å². The molecule has 0 bridgehead atoms. The van der Waals surface area contributed by atoms with E-state index in [1.807, 2.05) is 6.82 Å². The number of amidine groups is 1. The van der Waals surface area contributed by atoms with Crippen LogP contribution < -0.4 is 0 Å². The fourth-order valence-corrected chi connectivity index (χ4v) is 8.20. The average Bonchev–Trinajstić information content (AvgIpc) is 3.78. The quantitative estimate of drug-likeness (QED) is 0.0923. The molecule has 0 unspecified atom stereocenters. The fraction of sp³-hybridized carbons (Fsp3) is 0.880. The molecule has 436 valence electrons. The van der Waals surface area contributed by atoms with Crippen molar-refractivity contribution in [3.8, 4) is 0 Å². The summed E-state index contributed by atoms with van der Waals surface area (Å²) < 4.78 is 40.6. The van der Waals surface area contributed by atoms with Crippen LogP contribution in [0.25, 0.3) is 0 Å². The van der Waals surface area contributed by atoms with Gasteiger partial charge in [0, 0.05) is 25.7 Å². The van der Waals surface area contributed by atoms with Crippen LogP contribution in [0.5, 0.6) is 0 Å². The first kappa shape index (κ1) is 81.9. The van der Waals surface area contributed by atoms with Gasteiger partial charge < -0.3 is 19.6 Å². The summed E-state index contributed by atoms with van der Waals surface area (Å²) in [5, 5.41) is 39.6. The van der Waals surface area contributed by atoms with Gasteiger partial charge in [0.25, 0.3) is 17.0 Å². The Hall–Kier alpha value is -3.50. The largest absolute Gasteiger partial charge is 0.451 e. The highest BCUT2D eigenvalue weighted by Crippen LogP contribution is 2.41. The number of nitrogens with zero attached hydrogens (tertiary/aromatic N) is 11. The molecular formula is C50H107BN11O10PS. The number of azo groups is 1. The van der Waals surface area contributed by atoms with E-state index in [1.165, 1.54) is 18.6 Å². The van der Waals surface area contributed by atoms with Gasteiger partial charge in [-0.15, -0.1) is 20.4 Å². The van der Waals surface area contributed by atoms with Crippen molar-refractivity contribution < 1.29 is 46.7 Å².